The summed E-state index contributed by atoms with van der Waals surface area (Å²) in [6.07, 6.45) is 2.27. The molecule has 104 valence electrons. The lowest BCUT2D eigenvalue weighted by molar-refractivity contribution is 0.340. The van der Waals surface area contributed by atoms with Gasteiger partial charge in [-0.3, -0.25) is 0 Å². The second-order valence-corrected chi connectivity index (χ2v) is 4.99. The van der Waals surface area contributed by atoms with Crippen LogP contribution in [0.15, 0.2) is 22.8 Å². The molecule has 1 aliphatic heterocycles. The quantitative estimate of drug-likeness (QED) is 0.862. The topological polar surface area (TPSA) is 25.2 Å². The van der Waals surface area contributed by atoms with Crippen LogP contribution in [0.2, 0.25) is 0 Å². The highest BCUT2D eigenvalue weighted by Crippen LogP contribution is 2.37. The summed E-state index contributed by atoms with van der Waals surface area (Å²) in [7, 11) is 0. The number of fused-ring (bicyclic) bond motifs is 1. The zero-order chi connectivity index (χ0) is 12.7. The lowest BCUT2D eigenvalue weighted by Gasteiger charge is -2.30. The molecule has 5 heteroatoms. The molecule has 0 aliphatic carbocycles. The molecule has 0 amide bonds. The average Bonchev–Trinajstić information content (AvgIpc) is 2.81. The monoisotopic (exact) mass is 287 g/mol. The van der Waals surface area contributed by atoms with Crippen molar-refractivity contribution in [2.75, 3.05) is 13.1 Å². The van der Waals surface area contributed by atoms with E-state index in [0.717, 1.165) is 25.6 Å². The van der Waals surface area contributed by atoms with Gasteiger partial charge in [-0.1, -0.05) is 6.92 Å². The van der Waals surface area contributed by atoms with Gasteiger partial charge in [-0.2, -0.15) is 0 Å². The van der Waals surface area contributed by atoms with Crippen LogP contribution in [0.3, 0.4) is 0 Å². The maximum Gasteiger partial charge on any atom is 0.143 e. The molecule has 0 spiro atoms. The van der Waals surface area contributed by atoms with E-state index in [9.17, 15) is 8.78 Å². The third-order valence-corrected chi connectivity index (χ3v) is 3.83. The SMILES string of the molecule is CC1CNCCC1c1c(F)cc(F)c2ccoc12.Cl. The third-order valence-electron chi connectivity index (χ3n) is 3.83. The second kappa shape index (κ2) is 5.47. The van der Waals surface area contributed by atoms with Crippen molar-refractivity contribution >= 4 is 23.4 Å². The van der Waals surface area contributed by atoms with E-state index >= 15 is 0 Å². The van der Waals surface area contributed by atoms with E-state index in [4.69, 9.17) is 4.42 Å². The molecule has 2 aromatic rings. The maximum atomic E-state index is 14.1. The summed E-state index contributed by atoms with van der Waals surface area (Å²) in [5.41, 5.74) is 0.900. The highest BCUT2D eigenvalue weighted by Gasteiger charge is 2.29. The minimum absolute atomic E-state index is 0. The fraction of sp³-hybridized carbons (Fsp3) is 0.429. The first kappa shape index (κ1) is 14.3. The molecule has 3 rings (SSSR count). The Morgan fingerprint density at radius 1 is 1.32 bits per heavy atom. The number of nitrogens with one attached hydrogen (secondary N) is 1. The summed E-state index contributed by atoms with van der Waals surface area (Å²) >= 11 is 0. The predicted octanol–water partition coefficient (Wildman–Crippen LogP) is 3.85. The molecule has 1 aliphatic rings. The Kier molecular flexibility index (Phi) is 4.11. The van der Waals surface area contributed by atoms with Gasteiger partial charge in [0.25, 0.3) is 0 Å². The molecule has 19 heavy (non-hydrogen) atoms. The van der Waals surface area contributed by atoms with Crippen molar-refractivity contribution in [1.82, 2.24) is 5.32 Å². The van der Waals surface area contributed by atoms with Crippen LogP contribution in [0.5, 0.6) is 0 Å². The molecule has 0 bridgehead atoms. The second-order valence-electron chi connectivity index (χ2n) is 4.99. The average molecular weight is 288 g/mol. The molecule has 2 atom stereocenters. The predicted molar refractivity (Wildman–Crippen MR) is 72.8 cm³/mol. The van der Waals surface area contributed by atoms with E-state index in [1.165, 1.54) is 6.26 Å². The Balaban J connectivity index is 0.00000133. The van der Waals surface area contributed by atoms with Gasteiger partial charge in [0.2, 0.25) is 0 Å². The molecule has 2 nitrogen and oxygen atoms in total. The Morgan fingerprint density at radius 2 is 2.11 bits per heavy atom. The van der Waals surface area contributed by atoms with Gasteiger partial charge in [-0.25, -0.2) is 8.78 Å². The summed E-state index contributed by atoms with van der Waals surface area (Å²) in [5.74, 6) is -0.650. The van der Waals surface area contributed by atoms with Gasteiger partial charge < -0.3 is 9.73 Å². The van der Waals surface area contributed by atoms with Crippen molar-refractivity contribution in [3.8, 4) is 0 Å². The van der Waals surface area contributed by atoms with Crippen LogP contribution in [0.1, 0.15) is 24.8 Å². The van der Waals surface area contributed by atoms with Gasteiger partial charge in [-0.05, 0) is 37.4 Å². The molecule has 1 fully saturated rings. The molecule has 0 radical (unpaired) electrons. The molecule has 0 saturated carbocycles. The molecule has 1 aromatic carbocycles. The normalized spacial score (nSPS) is 23.3. The standard InChI is InChI=1S/C14H15F2NO.ClH/c1-8-7-17-4-2-9(8)13-12(16)6-11(15)10-3-5-18-14(10)13;/h3,5-6,8-9,17H,2,4,7H2,1H3;1H. The highest BCUT2D eigenvalue weighted by atomic mass is 35.5. The number of hydrogen-bond donors (Lipinski definition) is 1. The molecule has 1 N–H and O–H groups in total. The molecule has 1 aromatic heterocycles. The van der Waals surface area contributed by atoms with Crippen LogP contribution in [0, 0.1) is 17.6 Å². The van der Waals surface area contributed by atoms with Crippen LogP contribution in [0.25, 0.3) is 11.0 Å². The number of halogens is 3. The minimum atomic E-state index is -0.554. The van der Waals surface area contributed by atoms with Crippen LogP contribution < -0.4 is 5.32 Å². The fourth-order valence-electron chi connectivity index (χ4n) is 2.87. The van der Waals surface area contributed by atoms with Gasteiger partial charge in [-0.15, -0.1) is 12.4 Å². The lowest BCUT2D eigenvalue weighted by Crippen LogP contribution is -2.34. The largest absolute Gasteiger partial charge is 0.464 e. The van der Waals surface area contributed by atoms with Gasteiger partial charge >= 0.3 is 0 Å². The van der Waals surface area contributed by atoms with Gasteiger partial charge in [0.1, 0.15) is 17.2 Å². The zero-order valence-electron chi connectivity index (χ0n) is 10.6. The van der Waals surface area contributed by atoms with Crippen LogP contribution in [-0.2, 0) is 0 Å². The lowest BCUT2D eigenvalue weighted by atomic mass is 9.81. The summed E-state index contributed by atoms with van der Waals surface area (Å²) in [6, 6.07) is 2.53. The number of benzene rings is 1. The Hall–Kier alpha value is -1.13. The maximum absolute atomic E-state index is 14.1. The van der Waals surface area contributed by atoms with E-state index in [1.807, 2.05) is 0 Å². The first-order valence-corrected chi connectivity index (χ1v) is 6.24. The van der Waals surface area contributed by atoms with E-state index in [0.29, 0.717) is 22.5 Å². The van der Waals surface area contributed by atoms with Crippen molar-refractivity contribution < 1.29 is 13.2 Å². The van der Waals surface area contributed by atoms with Crippen LogP contribution >= 0.6 is 12.4 Å². The van der Waals surface area contributed by atoms with Crippen molar-refractivity contribution in [2.45, 2.75) is 19.3 Å². The minimum Gasteiger partial charge on any atom is -0.464 e. The third kappa shape index (κ3) is 2.35. The Morgan fingerprint density at radius 3 is 2.84 bits per heavy atom. The highest BCUT2D eigenvalue weighted by molar-refractivity contribution is 5.85. The summed E-state index contributed by atoms with van der Waals surface area (Å²) in [5, 5.41) is 3.65. The molecular formula is C14H16ClF2NO. The van der Waals surface area contributed by atoms with E-state index in [1.54, 1.807) is 6.07 Å². The number of hydrogen-bond acceptors (Lipinski definition) is 2. The Bertz CT molecular complexity index is 584. The van der Waals surface area contributed by atoms with Gasteiger partial charge in [0.15, 0.2) is 0 Å². The van der Waals surface area contributed by atoms with Crippen LogP contribution in [-0.4, -0.2) is 13.1 Å². The van der Waals surface area contributed by atoms with Crippen LogP contribution in [0.4, 0.5) is 8.78 Å². The van der Waals surface area contributed by atoms with Crippen molar-refractivity contribution in [1.29, 1.82) is 0 Å². The first-order chi connectivity index (χ1) is 8.68. The molecule has 2 unspecified atom stereocenters. The fourth-order valence-corrected chi connectivity index (χ4v) is 2.87. The van der Waals surface area contributed by atoms with Gasteiger partial charge in [0, 0.05) is 11.6 Å². The first-order valence-electron chi connectivity index (χ1n) is 6.24. The van der Waals surface area contributed by atoms with E-state index in [-0.39, 0.29) is 18.3 Å². The number of furan rings is 1. The Labute approximate surface area is 116 Å². The van der Waals surface area contributed by atoms with E-state index < -0.39 is 11.6 Å². The zero-order valence-corrected chi connectivity index (χ0v) is 11.4. The van der Waals surface area contributed by atoms with E-state index in [2.05, 4.69) is 12.2 Å². The van der Waals surface area contributed by atoms with Gasteiger partial charge in [0.05, 0.1) is 11.6 Å². The summed E-state index contributed by atoms with van der Waals surface area (Å²) in [4.78, 5) is 0. The smallest absolute Gasteiger partial charge is 0.143 e. The van der Waals surface area contributed by atoms with Crippen molar-refractivity contribution in [2.24, 2.45) is 5.92 Å². The van der Waals surface area contributed by atoms with Crippen molar-refractivity contribution in [3.05, 3.63) is 35.6 Å². The summed E-state index contributed by atoms with van der Waals surface area (Å²) < 4.78 is 33.0. The molecule has 2 heterocycles. The van der Waals surface area contributed by atoms with Crippen molar-refractivity contribution in [3.63, 3.8) is 0 Å². The summed E-state index contributed by atoms with van der Waals surface area (Å²) in [6.45, 7) is 3.78. The molecule has 1 saturated heterocycles. The number of piperidine rings is 1. The molecular weight excluding hydrogens is 272 g/mol. The number of rotatable bonds is 1.